The van der Waals surface area contributed by atoms with Crippen molar-refractivity contribution in [2.24, 2.45) is 0 Å². The van der Waals surface area contributed by atoms with Crippen LogP contribution in [-0.4, -0.2) is 35.8 Å². The standard InChI is InChI=1S/C21H24N2O2/c24-20(15-18-10-5-2-6-11-18)22-16-21(25)23-13-7-12-19(23)14-17-8-3-1-4-9-17/h1-6,8-11,19H,7,12-16H2,(H,22,24). The second-order valence-corrected chi connectivity index (χ2v) is 6.51. The third-order valence-electron chi connectivity index (χ3n) is 4.66. The Morgan fingerprint density at radius 2 is 1.60 bits per heavy atom. The minimum atomic E-state index is -0.113. The monoisotopic (exact) mass is 336 g/mol. The number of rotatable bonds is 6. The van der Waals surface area contributed by atoms with Gasteiger partial charge in [-0.15, -0.1) is 0 Å². The van der Waals surface area contributed by atoms with E-state index in [2.05, 4.69) is 17.4 Å². The summed E-state index contributed by atoms with van der Waals surface area (Å²) >= 11 is 0. The second kappa shape index (κ2) is 8.47. The van der Waals surface area contributed by atoms with Crippen LogP contribution in [0.1, 0.15) is 24.0 Å². The molecule has 4 heteroatoms. The van der Waals surface area contributed by atoms with Gasteiger partial charge in [-0.25, -0.2) is 0 Å². The largest absolute Gasteiger partial charge is 0.347 e. The molecule has 1 aliphatic heterocycles. The van der Waals surface area contributed by atoms with Gasteiger partial charge in [0, 0.05) is 12.6 Å². The maximum Gasteiger partial charge on any atom is 0.242 e. The van der Waals surface area contributed by atoms with Gasteiger partial charge in [-0.2, -0.15) is 0 Å². The van der Waals surface area contributed by atoms with Crippen molar-refractivity contribution in [1.29, 1.82) is 0 Å². The average molecular weight is 336 g/mol. The highest BCUT2D eigenvalue weighted by molar-refractivity contribution is 5.86. The molecule has 0 radical (unpaired) electrons. The van der Waals surface area contributed by atoms with Gasteiger partial charge >= 0.3 is 0 Å². The van der Waals surface area contributed by atoms with Crippen molar-refractivity contribution >= 4 is 11.8 Å². The summed E-state index contributed by atoms with van der Waals surface area (Å²) in [6.07, 6.45) is 3.24. The highest BCUT2D eigenvalue weighted by Crippen LogP contribution is 2.21. The number of amides is 2. The van der Waals surface area contributed by atoms with Crippen molar-refractivity contribution in [3.05, 3.63) is 71.8 Å². The van der Waals surface area contributed by atoms with Gasteiger partial charge in [0.05, 0.1) is 13.0 Å². The molecule has 0 aromatic heterocycles. The van der Waals surface area contributed by atoms with E-state index >= 15 is 0 Å². The van der Waals surface area contributed by atoms with Crippen LogP contribution in [0.3, 0.4) is 0 Å². The molecule has 3 rings (SSSR count). The Balaban J connectivity index is 1.49. The van der Waals surface area contributed by atoms with E-state index in [4.69, 9.17) is 0 Å². The van der Waals surface area contributed by atoms with E-state index in [1.54, 1.807) is 0 Å². The van der Waals surface area contributed by atoms with Crippen molar-refractivity contribution in [3.63, 3.8) is 0 Å². The van der Waals surface area contributed by atoms with E-state index < -0.39 is 0 Å². The summed E-state index contributed by atoms with van der Waals surface area (Å²) in [5, 5.41) is 2.76. The Kier molecular flexibility index (Phi) is 5.83. The fourth-order valence-electron chi connectivity index (χ4n) is 3.38. The number of likely N-dealkylation sites (tertiary alicyclic amines) is 1. The first-order valence-corrected chi connectivity index (χ1v) is 8.86. The molecule has 2 aromatic rings. The first-order chi connectivity index (χ1) is 12.2. The summed E-state index contributed by atoms with van der Waals surface area (Å²) in [5.74, 6) is -0.0989. The molecule has 4 nitrogen and oxygen atoms in total. The molecule has 1 saturated heterocycles. The summed E-state index contributed by atoms with van der Waals surface area (Å²) in [5.41, 5.74) is 2.20. The lowest BCUT2D eigenvalue weighted by atomic mass is 10.0. The minimum absolute atomic E-state index is 0.0137. The first-order valence-electron chi connectivity index (χ1n) is 8.86. The van der Waals surface area contributed by atoms with Gasteiger partial charge in [0.25, 0.3) is 0 Å². The molecule has 1 aliphatic rings. The number of hydrogen-bond acceptors (Lipinski definition) is 2. The molecule has 1 atom stereocenters. The smallest absolute Gasteiger partial charge is 0.242 e. The summed E-state index contributed by atoms with van der Waals surface area (Å²) in [4.78, 5) is 26.5. The third kappa shape index (κ3) is 4.92. The molecule has 0 saturated carbocycles. The summed E-state index contributed by atoms with van der Waals surface area (Å²) < 4.78 is 0. The van der Waals surface area contributed by atoms with Gasteiger partial charge in [-0.1, -0.05) is 60.7 Å². The molecule has 0 bridgehead atoms. The van der Waals surface area contributed by atoms with E-state index in [1.165, 1.54) is 5.56 Å². The summed E-state index contributed by atoms with van der Waals surface area (Å²) in [6.45, 7) is 0.863. The predicted molar refractivity (Wildman–Crippen MR) is 98.0 cm³/mol. The van der Waals surface area contributed by atoms with Crippen LogP contribution in [0.2, 0.25) is 0 Å². The molecule has 1 heterocycles. The van der Waals surface area contributed by atoms with Gasteiger partial charge in [-0.3, -0.25) is 9.59 Å². The highest BCUT2D eigenvalue weighted by Gasteiger charge is 2.28. The zero-order valence-electron chi connectivity index (χ0n) is 14.4. The number of hydrogen-bond donors (Lipinski definition) is 1. The van der Waals surface area contributed by atoms with Gasteiger partial charge in [0.2, 0.25) is 11.8 Å². The lowest BCUT2D eigenvalue weighted by molar-refractivity contribution is -0.133. The number of nitrogens with zero attached hydrogens (tertiary/aromatic N) is 1. The zero-order chi connectivity index (χ0) is 17.5. The zero-order valence-corrected chi connectivity index (χ0v) is 14.4. The van der Waals surface area contributed by atoms with Gasteiger partial charge in [0.1, 0.15) is 0 Å². The Labute approximate surface area is 148 Å². The van der Waals surface area contributed by atoms with Gasteiger partial charge < -0.3 is 10.2 Å². The van der Waals surface area contributed by atoms with Crippen LogP contribution in [0.25, 0.3) is 0 Å². The van der Waals surface area contributed by atoms with E-state index in [0.717, 1.165) is 31.4 Å². The molecule has 1 N–H and O–H groups in total. The van der Waals surface area contributed by atoms with Crippen molar-refractivity contribution in [1.82, 2.24) is 10.2 Å². The molecule has 25 heavy (non-hydrogen) atoms. The molecule has 0 spiro atoms. The number of carbonyl (C=O) groups excluding carboxylic acids is 2. The quantitative estimate of drug-likeness (QED) is 0.881. The molecule has 2 aromatic carbocycles. The van der Waals surface area contributed by atoms with Crippen molar-refractivity contribution in [2.45, 2.75) is 31.7 Å². The topological polar surface area (TPSA) is 49.4 Å². The van der Waals surface area contributed by atoms with Crippen LogP contribution in [0.15, 0.2) is 60.7 Å². The lowest BCUT2D eigenvalue weighted by Gasteiger charge is -2.25. The minimum Gasteiger partial charge on any atom is -0.347 e. The van der Waals surface area contributed by atoms with Crippen LogP contribution in [0, 0.1) is 0 Å². The first kappa shape index (κ1) is 17.2. The van der Waals surface area contributed by atoms with Crippen LogP contribution >= 0.6 is 0 Å². The van der Waals surface area contributed by atoms with Crippen molar-refractivity contribution < 1.29 is 9.59 Å². The number of nitrogens with one attached hydrogen (secondary N) is 1. The Morgan fingerprint density at radius 3 is 2.28 bits per heavy atom. The fraction of sp³-hybridized carbons (Fsp3) is 0.333. The maximum absolute atomic E-state index is 12.5. The van der Waals surface area contributed by atoms with Crippen LogP contribution in [-0.2, 0) is 22.4 Å². The Bertz CT molecular complexity index is 700. The number of benzene rings is 2. The van der Waals surface area contributed by atoms with Crippen molar-refractivity contribution in [3.8, 4) is 0 Å². The van der Waals surface area contributed by atoms with Gasteiger partial charge in [0.15, 0.2) is 0 Å². The van der Waals surface area contributed by atoms with E-state index in [9.17, 15) is 9.59 Å². The van der Waals surface area contributed by atoms with Gasteiger partial charge in [-0.05, 0) is 30.4 Å². The SMILES string of the molecule is O=C(Cc1ccccc1)NCC(=O)N1CCCC1Cc1ccccc1. The van der Waals surface area contributed by atoms with E-state index in [1.807, 2.05) is 53.4 Å². The molecule has 1 unspecified atom stereocenters. The average Bonchev–Trinajstić information content (AvgIpc) is 3.09. The molecule has 1 fully saturated rings. The third-order valence-corrected chi connectivity index (χ3v) is 4.66. The predicted octanol–water partition coefficient (Wildman–Crippen LogP) is 2.58. The van der Waals surface area contributed by atoms with E-state index in [-0.39, 0.29) is 24.4 Å². The normalized spacial score (nSPS) is 16.6. The molecular formula is C21H24N2O2. The summed E-state index contributed by atoms with van der Waals surface area (Å²) in [6, 6.07) is 20.1. The molecular weight excluding hydrogens is 312 g/mol. The highest BCUT2D eigenvalue weighted by atomic mass is 16.2. The fourth-order valence-corrected chi connectivity index (χ4v) is 3.38. The summed E-state index contributed by atoms with van der Waals surface area (Å²) in [7, 11) is 0. The molecule has 130 valence electrons. The van der Waals surface area contributed by atoms with Crippen LogP contribution in [0.4, 0.5) is 0 Å². The van der Waals surface area contributed by atoms with Crippen LogP contribution in [0.5, 0.6) is 0 Å². The second-order valence-electron chi connectivity index (χ2n) is 6.51. The van der Waals surface area contributed by atoms with Crippen LogP contribution < -0.4 is 5.32 Å². The van der Waals surface area contributed by atoms with Crippen molar-refractivity contribution in [2.75, 3.05) is 13.1 Å². The van der Waals surface area contributed by atoms with E-state index in [0.29, 0.717) is 6.42 Å². The Hall–Kier alpha value is -2.62. The number of carbonyl (C=O) groups is 2. The maximum atomic E-state index is 12.5. The lowest BCUT2D eigenvalue weighted by Crippen LogP contribution is -2.43. The molecule has 2 amide bonds. The molecule has 0 aliphatic carbocycles. The Morgan fingerprint density at radius 1 is 0.960 bits per heavy atom.